The number of hydrogen-bond acceptors (Lipinski definition) is 1. The third kappa shape index (κ3) is 3.49. The molecule has 0 fully saturated rings. The predicted molar refractivity (Wildman–Crippen MR) is 104 cm³/mol. The van der Waals surface area contributed by atoms with Crippen molar-refractivity contribution in [1.82, 2.24) is 0 Å². The van der Waals surface area contributed by atoms with Crippen molar-refractivity contribution >= 4 is 0 Å². The zero-order valence-electron chi connectivity index (χ0n) is 15.7. The van der Waals surface area contributed by atoms with E-state index in [2.05, 4.69) is 70.0 Å². The Kier molecular flexibility index (Phi) is 5.73. The lowest BCUT2D eigenvalue weighted by atomic mass is 9.84. The third-order valence-corrected chi connectivity index (χ3v) is 4.62. The SMILES string of the molecule is C#CC(C)c1ccc(-c2c(C(C)C)cccc2C(C)C)c(OC)c1. The summed E-state index contributed by atoms with van der Waals surface area (Å²) in [5.41, 5.74) is 6.29. The summed E-state index contributed by atoms with van der Waals surface area (Å²) in [4.78, 5) is 0. The first-order valence-electron chi connectivity index (χ1n) is 8.67. The molecule has 1 heteroatoms. The molecule has 24 heavy (non-hydrogen) atoms. The van der Waals surface area contributed by atoms with Crippen LogP contribution in [0.4, 0.5) is 0 Å². The highest BCUT2D eigenvalue weighted by Gasteiger charge is 2.19. The van der Waals surface area contributed by atoms with Gasteiger partial charge in [-0.3, -0.25) is 0 Å². The van der Waals surface area contributed by atoms with Gasteiger partial charge in [0, 0.05) is 11.5 Å². The second-order valence-corrected chi connectivity index (χ2v) is 6.97. The molecule has 0 aromatic heterocycles. The Hall–Kier alpha value is -2.20. The average Bonchev–Trinajstić information content (AvgIpc) is 2.59. The van der Waals surface area contributed by atoms with E-state index in [-0.39, 0.29) is 5.92 Å². The lowest BCUT2D eigenvalue weighted by molar-refractivity contribution is 0.415. The predicted octanol–water partition coefficient (Wildman–Crippen LogP) is 6.35. The number of methoxy groups -OCH3 is 1. The fourth-order valence-electron chi connectivity index (χ4n) is 3.14. The summed E-state index contributed by atoms with van der Waals surface area (Å²) in [7, 11) is 1.73. The van der Waals surface area contributed by atoms with Crippen LogP contribution in [0, 0.1) is 12.3 Å². The molecule has 0 saturated carbocycles. The molecule has 0 aliphatic heterocycles. The molecule has 1 atom stereocenters. The summed E-state index contributed by atoms with van der Waals surface area (Å²) < 4.78 is 5.74. The van der Waals surface area contributed by atoms with Crippen molar-refractivity contribution in [2.45, 2.75) is 52.4 Å². The highest BCUT2D eigenvalue weighted by atomic mass is 16.5. The highest BCUT2D eigenvalue weighted by Crippen LogP contribution is 2.41. The van der Waals surface area contributed by atoms with E-state index < -0.39 is 0 Å². The Morgan fingerprint density at radius 2 is 1.50 bits per heavy atom. The Bertz CT molecular complexity index is 721. The molecule has 0 bridgehead atoms. The molecule has 0 N–H and O–H groups in total. The molecule has 1 unspecified atom stereocenters. The molecule has 0 saturated heterocycles. The van der Waals surface area contributed by atoms with E-state index in [9.17, 15) is 0 Å². The zero-order valence-corrected chi connectivity index (χ0v) is 15.7. The molecule has 2 aromatic rings. The smallest absolute Gasteiger partial charge is 0.127 e. The Labute approximate surface area is 147 Å². The largest absolute Gasteiger partial charge is 0.496 e. The summed E-state index contributed by atoms with van der Waals surface area (Å²) in [5.74, 6) is 4.67. The van der Waals surface area contributed by atoms with Crippen LogP contribution in [-0.2, 0) is 0 Å². The number of hydrogen-bond donors (Lipinski definition) is 0. The molecule has 126 valence electrons. The van der Waals surface area contributed by atoms with Crippen LogP contribution in [0.5, 0.6) is 5.75 Å². The van der Waals surface area contributed by atoms with Gasteiger partial charge < -0.3 is 4.74 Å². The molecule has 1 nitrogen and oxygen atoms in total. The van der Waals surface area contributed by atoms with Gasteiger partial charge in [0.2, 0.25) is 0 Å². The van der Waals surface area contributed by atoms with Crippen LogP contribution in [0.1, 0.15) is 69.1 Å². The summed E-state index contributed by atoms with van der Waals surface area (Å²) >= 11 is 0. The standard InChI is InChI=1S/C23H28O/c1-8-17(6)18-12-13-21(22(14-18)24-7)23-19(15(2)3)10-9-11-20(23)16(4)5/h1,9-17H,2-7H3. The molecular formula is C23H28O. The van der Waals surface area contributed by atoms with Crippen molar-refractivity contribution in [3.05, 3.63) is 53.1 Å². The topological polar surface area (TPSA) is 9.23 Å². The van der Waals surface area contributed by atoms with Gasteiger partial charge in [-0.25, -0.2) is 0 Å². The minimum absolute atomic E-state index is 0.0814. The van der Waals surface area contributed by atoms with E-state index in [1.807, 2.05) is 6.92 Å². The van der Waals surface area contributed by atoms with Crippen LogP contribution in [0.2, 0.25) is 0 Å². The quantitative estimate of drug-likeness (QED) is 0.584. The summed E-state index contributed by atoms with van der Waals surface area (Å²) in [6, 6.07) is 13.0. The van der Waals surface area contributed by atoms with Crippen LogP contribution >= 0.6 is 0 Å². The molecule has 0 radical (unpaired) electrons. The van der Waals surface area contributed by atoms with E-state index in [0.717, 1.165) is 16.9 Å². The van der Waals surface area contributed by atoms with Crippen LogP contribution < -0.4 is 4.74 Å². The molecule has 0 amide bonds. The van der Waals surface area contributed by atoms with Crippen molar-refractivity contribution in [3.63, 3.8) is 0 Å². The minimum atomic E-state index is 0.0814. The van der Waals surface area contributed by atoms with Crippen molar-refractivity contribution in [2.24, 2.45) is 0 Å². The first-order valence-corrected chi connectivity index (χ1v) is 8.67. The van der Waals surface area contributed by atoms with Gasteiger partial charge in [-0.2, -0.15) is 0 Å². The Balaban J connectivity index is 2.74. The molecule has 0 spiro atoms. The van der Waals surface area contributed by atoms with Gasteiger partial charge in [0.05, 0.1) is 7.11 Å². The minimum Gasteiger partial charge on any atom is -0.496 e. The van der Waals surface area contributed by atoms with Crippen molar-refractivity contribution in [3.8, 4) is 29.2 Å². The van der Waals surface area contributed by atoms with Crippen molar-refractivity contribution in [1.29, 1.82) is 0 Å². The molecular weight excluding hydrogens is 292 g/mol. The van der Waals surface area contributed by atoms with E-state index in [0.29, 0.717) is 11.8 Å². The van der Waals surface area contributed by atoms with Gasteiger partial charge in [-0.05, 0) is 47.1 Å². The summed E-state index contributed by atoms with van der Waals surface area (Å²) in [6.07, 6.45) is 5.58. The molecule has 0 aliphatic carbocycles. The highest BCUT2D eigenvalue weighted by molar-refractivity contribution is 5.78. The first-order chi connectivity index (χ1) is 11.4. The number of terminal acetylenes is 1. The lowest BCUT2D eigenvalue weighted by Gasteiger charge is -2.22. The maximum Gasteiger partial charge on any atom is 0.127 e. The van der Waals surface area contributed by atoms with Crippen molar-refractivity contribution < 1.29 is 4.74 Å². The normalized spacial score (nSPS) is 12.3. The number of rotatable bonds is 5. The maximum atomic E-state index is 5.74. The molecule has 0 aliphatic rings. The fourth-order valence-corrected chi connectivity index (χ4v) is 3.14. The molecule has 2 aromatic carbocycles. The summed E-state index contributed by atoms with van der Waals surface area (Å²) in [6.45, 7) is 11.0. The van der Waals surface area contributed by atoms with Gasteiger partial charge in [0.15, 0.2) is 0 Å². The second kappa shape index (κ2) is 7.58. The first kappa shape index (κ1) is 18.1. The summed E-state index contributed by atoms with van der Waals surface area (Å²) in [5, 5.41) is 0. The van der Waals surface area contributed by atoms with Gasteiger partial charge >= 0.3 is 0 Å². The number of benzene rings is 2. The van der Waals surface area contributed by atoms with Crippen LogP contribution in [-0.4, -0.2) is 7.11 Å². The average molecular weight is 320 g/mol. The van der Waals surface area contributed by atoms with Crippen LogP contribution in [0.25, 0.3) is 11.1 Å². The van der Waals surface area contributed by atoms with Crippen LogP contribution in [0.15, 0.2) is 36.4 Å². The maximum absolute atomic E-state index is 5.74. The lowest BCUT2D eigenvalue weighted by Crippen LogP contribution is -2.02. The number of ether oxygens (including phenoxy) is 1. The van der Waals surface area contributed by atoms with E-state index in [1.54, 1.807) is 7.11 Å². The van der Waals surface area contributed by atoms with Gasteiger partial charge in [0.1, 0.15) is 5.75 Å². The molecule has 0 heterocycles. The van der Waals surface area contributed by atoms with E-state index in [1.165, 1.54) is 16.7 Å². The third-order valence-electron chi connectivity index (χ3n) is 4.62. The van der Waals surface area contributed by atoms with E-state index in [4.69, 9.17) is 11.2 Å². The van der Waals surface area contributed by atoms with Gasteiger partial charge in [0.25, 0.3) is 0 Å². The Morgan fingerprint density at radius 1 is 0.917 bits per heavy atom. The van der Waals surface area contributed by atoms with Crippen molar-refractivity contribution in [2.75, 3.05) is 7.11 Å². The van der Waals surface area contributed by atoms with Crippen LogP contribution in [0.3, 0.4) is 0 Å². The van der Waals surface area contributed by atoms with E-state index >= 15 is 0 Å². The monoisotopic (exact) mass is 320 g/mol. The zero-order chi connectivity index (χ0) is 17.9. The van der Waals surface area contributed by atoms with Gasteiger partial charge in [-0.15, -0.1) is 6.42 Å². The van der Waals surface area contributed by atoms with Gasteiger partial charge in [-0.1, -0.05) is 63.9 Å². The Morgan fingerprint density at radius 3 is 1.96 bits per heavy atom. The fraction of sp³-hybridized carbons (Fsp3) is 0.391. The molecule has 2 rings (SSSR count). The second-order valence-electron chi connectivity index (χ2n) is 6.97.